The number of urea groups is 1. The minimum atomic E-state index is -2.88. The summed E-state index contributed by atoms with van der Waals surface area (Å²) in [4.78, 5) is 13.4. The number of aromatic nitrogens is 1. The maximum atomic E-state index is 12.2. The molecule has 0 aliphatic rings. The van der Waals surface area contributed by atoms with Crippen LogP contribution in [0.5, 0.6) is 5.75 Å². The number of hydrogen-bond acceptors (Lipinski definition) is 4. The van der Waals surface area contributed by atoms with Gasteiger partial charge < -0.3 is 19.5 Å². The van der Waals surface area contributed by atoms with Crippen LogP contribution < -0.4 is 10.1 Å². The van der Waals surface area contributed by atoms with Gasteiger partial charge in [-0.05, 0) is 24.6 Å². The summed E-state index contributed by atoms with van der Waals surface area (Å²) in [6.07, 6.45) is 0. The first-order valence-electron chi connectivity index (χ1n) is 6.89. The third kappa shape index (κ3) is 5.24. The topological polar surface area (TPSA) is 67.6 Å². The average Bonchev–Trinajstić information content (AvgIpc) is 2.89. The van der Waals surface area contributed by atoms with E-state index in [1.54, 1.807) is 32.2 Å². The van der Waals surface area contributed by atoms with E-state index >= 15 is 0 Å². The highest BCUT2D eigenvalue weighted by atomic mass is 19.3. The predicted octanol–water partition coefficient (Wildman–Crippen LogP) is 2.93. The number of alkyl halides is 2. The molecule has 0 atom stereocenters. The standard InChI is InChI=1S/C15H17F2N3O3/c1-10-6-12(19-23-10)9-20(2)15(21)18-8-11-4-3-5-13(7-11)22-14(16)17/h3-7,14H,8-9H2,1-2H3,(H,18,21). The van der Waals surface area contributed by atoms with Crippen molar-refractivity contribution in [3.05, 3.63) is 47.3 Å². The quantitative estimate of drug-likeness (QED) is 0.887. The lowest BCUT2D eigenvalue weighted by Gasteiger charge is -2.16. The van der Waals surface area contributed by atoms with Crippen molar-refractivity contribution in [2.45, 2.75) is 26.6 Å². The first kappa shape index (κ1) is 16.7. The second kappa shape index (κ2) is 7.57. The van der Waals surface area contributed by atoms with E-state index in [1.807, 2.05) is 0 Å². The van der Waals surface area contributed by atoms with Crippen LogP contribution in [0.3, 0.4) is 0 Å². The van der Waals surface area contributed by atoms with Crippen molar-refractivity contribution in [2.24, 2.45) is 0 Å². The lowest BCUT2D eigenvalue weighted by molar-refractivity contribution is -0.0498. The van der Waals surface area contributed by atoms with Gasteiger partial charge in [-0.2, -0.15) is 8.78 Å². The number of rotatable bonds is 6. The highest BCUT2D eigenvalue weighted by Gasteiger charge is 2.11. The van der Waals surface area contributed by atoms with Crippen molar-refractivity contribution in [2.75, 3.05) is 7.05 Å². The van der Waals surface area contributed by atoms with Gasteiger partial charge in [0.15, 0.2) is 0 Å². The van der Waals surface area contributed by atoms with Gasteiger partial charge in [-0.3, -0.25) is 0 Å². The summed E-state index contributed by atoms with van der Waals surface area (Å²) in [5.41, 5.74) is 1.30. The highest BCUT2D eigenvalue weighted by molar-refractivity contribution is 5.73. The third-order valence-electron chi connectivity index (χ3n) is 2.99. The minimum absolute atomic E-state index is 0.0539. The molecular weight excluding hydrogens is 308 g/mol. The van der Waals surface area contributed by atoms with Crippen LogP contribution >= 0.6 is 0 Å². The van der Waals surface area contributed by atoms with E-state index in [1.165, 1.54) is 17.0 Å². The van der Waals surface area contributed by atoms with Crippen LogP contribution in [0.15, 0.2) is 34.9 Å². The van der Waals surface area contributed by atoms with Crippen LogP contribution in [-0.4, -0.2) is 29.7 Å². The summed E-state index contributed by atoms with van der Waals surface area (Å²) in [7, 11) is 1.62. The molecule has 2 amide bonds. The first-order valence-corrected chi connectivity index (χ1v) is 6.89. The number of halogens is 2. The minimum Gasteiger partial charge on any atom is -0.435 e. The molecule has 1 N–H and O–H groups in total. The number of amides is 2. The number of carbonyl (C=O) groups is 1. The van der Waals surface area contributed by atoms with Gasteiger partial charge >= 0.3 is 12.6 Å². The van der Waals surface area contributed by atoms with Crippen LogP contribution in [0.2, 0.25) is 0 Å². The van der Waals surface area contributed by atoms with E-state index in [4.69, 9.17) is 4.52 Å². The monoisotopic (exact) mass is 325 g/mol. The molecule has 1 aromatic carbocycles. The number of aryl methyl sites for hydroxylation is 1. The lowest BCUT2D eigenvalue weighted by Crippen LogP contribution is -2.36. The summed E-state index contributed by atoms with van der Waals surface area (Å²) in [5.74, 6) is 0.725. The Hall–Kier alpha value is -2.64. The third-order valence-corrected chi connectivity index (χ3v) is 2.99. The second-order valence-electron chi connectivity index (χ2n) is 4.97. The Labute approximate surface area is 132 Å². The van der Waals surface area contributed by atoms with Gasteiger partial charge in [-0.25, -0.2) is 4.79 Å². The second-order valence-corrected chi connectivity index (χ2v) is 4.97. The molecule has 1 heterocycles. The molecule has 6 nitrogen and oxygen atoms in total. The summed E-state index contributed by atoms with van der Waals surface area (Å²) >= 11 is 0. The van der Waals surface area contributed by atoms with Crippen LogP contribution in [0, 0.1) is 6.92 Å². The van der Waals surface area contributed by atoms with E-state index in [2.05, 4.69) is 15.2 Å². The predicted molar refractivity (Wildman–Crippen MR) is 78.0 cm³/mol. The molecule has 0 aliphatic heterocycles. The molecule has 0 radical (unpaired) electrons. The number of nitrogens with one attached hydrogen (secondary N) is 1. The number of nitrogens with zero attached hydrogens (tertiary/aromatic N) is 2. The molecule has 0 fully saturated rings. The average molecular weight is 325 g/mol. The van der Waals surface area contributed by atoms with E-state index in [0.29, 0.717) is 23.6 Å². The molecule has 1 aromatic heterocycles. The van der Waals surface area contributed by atoms with Gasteiger partial charge in [0, 0.05) is 19.7 Å². The fourth-order valence-electron chi connectivity index (χ4n) is 1.95. The van der Waals surface area contributed by atoms with Gasteiger partial charge in [-0.1, -0.05) is 17.3 Å². The Morgan fingerprint density at radius 2 is 2.22 bits per heavy atom. The summed E-state index contributed by atoms with van der Waals surface area (Å²) in [6, 6.07) is 7.60. The SMILES string of the molecule is Cc1cc(CN(C)C(=O)NCc2cccc(OC(F)F)c2)no1. The molecule has 0 aliphatic carbocycles. The summed E-state index contributed by atoms with van der Waals surface area (Å²) < 4.78 is 33.6. The Kier molecular flexibility index (Phi) is 5.51. The highest BCUT2D eigenvalue weighted by Crippen LogP contribution is 2.15. The number of ether oxygens (including phenoxy) is 1. The Morgan fingerprint density at radius 1 is 1.43 bits per heavy atom. The molecule has 0 unspecified atom stereocenters. The first-order chi connectivity index (χ1) is 10.9. The Bertz CT molecular complexity index is 661. The molecule has 0 spiro atoms. The van der Waals surface area contributed by atoms with Gasteiger partial charge in [0.25, 0.3) is 0 Å². The summed E-state index contributed by atoms with van der Waals surface area (Å²) in [5, 5.41) is 6.50. The van der Waals surface area contributed by atoms with Crippen molar-refractivity contribution < 1.29 is 22.8 Å². The molecule has 0 saturated carbocycles. The largest absolute Gasteiger partial charge is 0.435 e. The van der Waals surface area contributed by atoms with Crippen molar-refractivity contribution in [3.63, 3.8) is 0 Å². The van der Waals surface area contributed by atoms with E-state index in [-0.39, 0.29) is 18.3 Å². The molecule has 2 aromatic rings. The fraction of sp³-hybridized carbons (Fsp3) is 0.333. The van der Waals surface area contributed by atoms with Crippen LogP contribution in [0.1, 0.15) is 17.0 Å². The zero-order valence-corrected chi connectivity index (χ0v) is 12.8. The van der Waals surface area contributed by atoms with Crippen LogP contribution in [0.25, 0.3) is 0 Å². The zero-order valence-electron chi connectivity index (χ0n) is 12.8. The van der Waals surface area contributed by atoms with Gasteiger partial charge in [0.1, 0.15) is 17.2 Å². The van der Waals surface area contributed by atoms with Crippen molar-refractivity contribution >= 4 is 6.03 Å². The van der Waals surface area contributed by atoms with E-state index in [9.17, 15) is 13.6 Å². The summed E-state index contributed by atoms with van der Waals surface area (Å²) in [6.45, 7) is -0.610. The van der Waals surface area contributed by atoms with Crippen LogP contribution in [-0.2, 0) is 13.1 Å². The maximum absolute atomic E-state index is 12.2. The fourth-order valence-corrected chi connectivity index (χ4v) is 1.95. The van der Waals surface area contributed by atoms with Gasteiger partial charge in [0.2, 0.25) is 0 Å². The molecule has 0 bridgehead atoms. The molecule has 23 heavy (non-hydrogen) atoms. The number of carbonyl (C=O) groups excluding carboxylic acids is 1. The van der Waals surface area contributed by atoms with Crippen molar-refractivity contribution in [3.8, 4) is 5.75 Å². The maximum Gasteiger partial charge on any atom is 0.387 e. The Balaban J connectivity index is 1.86. The van der Waals surface area contributed by atoms with Crippen molar-refractivity contribution in [1.82, 2.24) is 15.4 Å². The molecule has 2 rings (SSSR count). The van der Waals surface area contributed by atoms with Crippen molar-refractivity contribution in [1.29, 1.82) is 0 Å². The Morgan fingerprint density at radius 3 is 2.87 bits per heavy atom. The molecule has 124 valence electrons. The molecule has 8 heteroatoms. The zero-order chi connectivity index (χ0) is 16.8. The molecule has 0 saturated heterocycles. The normalized spacial score (nSPS) is 10.7. The van der Waals surface area contributed by atoms with E-state index < -0.39 is 6.61 Å². The lowest BCUT2D eigenvalue weighted by atomic mass is 10.2. The van der Waals surface area contributed by atoms with Gasteiger partial charge in [-0.15, -0.1) is 0 Å². The number of benzene rings is 1. The smallest absolute Gasteiger partial charge is 0.387 e. The number of hydrogen-bond donors (Lipinski definition) is 1. The van der Waals surface area contributed by atoms with Gasteiger partial charge in [0.05, 0.1) is 6.54 Å². The molecular formula is C15H17F2N3O3. The van der Waals surface area contributed by atoms with Crippen LogP contribution in [0.4, 0.5) is 13.6 Å². The van der Waals surface area contributed by atoms with E-state index in [0.717, 1.165) is 0 Å².